The van der Waals surface area contributed by atoms with Gasteiger partial charge in [0.15, 0.2) is 12.4 Å². The molecule has 0 spiro atoms. The number of rotatable bonds is 6. The van der Waals surface area contributed by atoms with Crippen molar-refractivity contribution in [1.29, 1.82) is 0 Å². The van der Waals surface area contributed by atoms with Gasteiger partial charge in [-0.2, -0.15) is 0 Å². The molecule has 0 heterocycles. The molecule has 0 aromatic heterocycles. The maximum Gasteiger partial charge on any atom is 0.258 e. The van der Waals surface area contributed by atoms with Crippen LogP contribution in [0.25, 0.3) is 0 Å². The predicted molar refractivity (Wildman–Crippen MR) is 84.9 cm³/mol. The molecule has 0 bridgehead atoms. The minimum Gasteiger partial charge on any atom is -0.484 e. The number of carbonyl (C=O) groups excluding carboxylic acids is 2. The Hall–Kier alpha value is -2.69. The lowest BCUT2D eigenvalue weighted by atomic mass is 10.1. The fraction of sp³-hybridized carbons (Fsp3) is 0.222. The summed E-state index contributed by atoms with van der Waals surface area (Å²) in [6.45, 7) is 3.12. The highest BCUT2D eigenvalue weighted by Gasteiger charge is 2.10. The third-order valence-electron chi connectivity index (χ3n) is 3.36. The third-order valence-corrected chi connectivity index (χ3v) is 3.36. The monoisotopic (exact) mass is 315 g/mol. The number of amides is 1. The molecule has 0 aliphatic carbocycles. The first-order chi connectivity index (χ1) is 11.0. The molecule has 5 heteroatoms. The average Bonchev–Trinajstić information content (AvgIpc) is 2.53. The van der Waals surface area contributed by atoms with Gasteiger partial charge in [0.2, 0.25) is 0 Å². The number of Topliss-reactive ketones (excluding diaryl/α,β-unsaturated/α-hetero) is 1. The van der Waals surface area contributed by atoms with Gasteiger partial charge < -0.3 is 10.1 Å². The zero-order valence-corrected chi connectivity index (χ0v) is 13.0. The van der Waals surface area contributed by atoms with Crippen molar-refractivity contribution in [3.05, 3.63) is 65.5 Å². The Morgan fingerprint density at radius 2 is 1.87 bits per heavy atom. The van der Waals surface area contributed by atoms with Gasteiger partial charge in [-0.25, -0.2) is 4.39 Å². The smallest absolute Gasteiger partial charge is 0.258 e. The number of halogens is 1. The molecule has 0 aliphatic rings. The zero-order valence-electron chi connectivity index (χ0n) is 13.0. The van der Waals surface area contributed by atoms with Crippen molar-refractivity contribution in [3.63, 3.8) is 0 Å². The van der Waals surface area contributed by atoms with Crippen LogP contribution in [0.4, 0.5) is 4.39 Å². The van der Waals surface area contributed by atoms with Crippen LogP contribution < -0.4 is 10.1 Å². The van der Waals surface area contributed by atoms with Crippen LogP contribution in [0.2, 0.25) is 0 Å². The number of nitrogens with one attached hydrogen (secondary N) is 1. The van der Waals surface area contributed by atoms with Crippen molar-refractivity contribution in [2.45, 2.75) is 19.9 Å². The maximum atomic E-state index is 12.9. The summed E-state index contributed by atoms with van der Waals surface area (Å²) in [6.07, 6.45) is 0. The molecule has 1 amide bonds. The van der Waals surface area contributed by atoms with E-state index in [0.717, 1.165) is 5.56 Å². The second-order valence-electron chi connectivity index (χ2n) is 5.21. The molecule has 0 radical (unpaired) electrons. The Balaban J connectivity index is 1.88. The predicted octanol–water partition coefficient (Wildman–Crippen LogP) is 3.28. The molecule has 0 aliphatic heterocycles. The van der Waals surface area contributed by atoms with Gasteiger partial charge in [0, 0.05) is 5.56 Å². The van der Waals surface area contributed by atoms with Crippen LogP contribution in [0, 0.1) is 5.82 Å². The fourth-order valence-corrected chi connectivity index (χ4v) is 2.07. The van der Waals surface area contributed by atoms with Crippen molar-refractivity contribution < 1.29 is 18.7 Å². The lowest BCUT2D eigenvalue weighted by molar-refractivity contribution is -0.123. The first-order valence-electron chi connectivity index (χ1n) is 7.24. The van der Waals surface area contributed by atoms with E-state index in [1.807, 2.05) is 6.92 Å². The van der Waals surface area contributed by atoms with Gasteiger partial charge in [0.25, 0.3) is 5.91 Å². The Morgan fingerprint density at radius 3 is 2.52 bits per heavy atom. The van der Waals surface area contributed by atoms with Gasteiger partial charge in [-0.15, -0.1) is 0 Å². The van der Waals surface area contributed by atoms with Crippen LogP contribution >= 0.6 is 0 Å². The highest BCUT2D eigenvalue weighted by molar-refractivity contribution is 5.94. The normalized spacial score (nSPS) is 11.6. The zero-order chi connectivity index (χ0) is 16.8. The van der Waals surface area contributed by atoms with Crippen molar-refractivity contribution in [3.8, 4) is 5.75 Å². The molecule has 2 aromatic rings. The summed E-state index contributed by atoms with van der Waals surface area (Å²) in [5.41, 5.74) is 1.33. The van der Waals surface area contributed by atoms with Crippen LogP contribution in [0.1, 0.15) is 35.8 Å². The number of hydrogen-bond donors (Lipinski definition) is 1. The standard InChI is InChI=1S/C18H18FNO3/c1-12(14-6-8-16(19)9-7-14)20-18(22)11-23-17-5-3-4-15(10-17)13(2)21/h3-10,12H,11H2,1-2H3,(H,20,22). The Labute approximate surface area is 134 Å². The van der Waals surface area contributed by atoms with Gasteiger partial charge in [0.05, 0.1) is 6.04 Å². The molecule has 2 aromatic carbocycles. The number of benzene rings is 2. The lowest BCUT2D eigenvalue weighted by Crippen LogP contribution is -2.31. The quantitative estimate of drug-likeness (QED) is 0.832. The van der Waals surface area contributed by atoms with E-state index in [1.165, 1.54) is 19.1 Å². The summed E-state index contributed by atoms with van der Waals surface area (Å²) in [5.74, 6) is -0.219. The number of hydrogen-bond acceptors (Lipinski definition) is 3. The van der Waals surface area contributed by atoms with Crippen molar-refractivity contribution in [2.24, 2.45) is 0 Å². The van der Waals surface area contributed by atoms with Gasteiger partial charge >= 0.3 is 0 Å². The molecule has 23 heavy (non-hydrogen) atoms. The van der Waals surface area contributed by atoms with Crippen molar-refractivity contribution in [2.75, 3.05) is 6.61 Å². The molecule has 0 fully saturated rings. The Kier molecular flexibility index (Phi) is 5.46. The van der Waals surface area contributed by atoms with Crippen molar-refractivity contribution in [1.82, 2.24) is 5.32 Å². The summed E-state index contributed by atoms with van der Waals surface area (Å²) in [5, 5.41) is 2.77. The van der Waals surface area contributed by atoms with Crippen LogP contribution in [0.3, 0.4) is 0 Å². The molecule has 1 atom stereocenters. The maximum absolute atomic E-state index is 12.9. The van der Waals surface area contributed by atoms with E-state index in [9.17, 15) is 14.0 Å². The fourth-order valence-electron chi connectivity index (χ4n) is 2.07. The van der Waals surface area contributed by atoms with Crippen LogP contribution in [-0.2, 0) is 4.79 Å². The lowest BCUT2D eigenvalue weighted by Gasteiger charge is -2.15. The van der Waals surface area contributed by atoms with E-state index >= 15 is 0 Å². The SMILES string of the molecule is CC(=O)c1cccc(OCC(=O)NC(C)c2ccc(F)cc2)c1. The van der Waals surface area contributed by atoms with E-state index in [2.05, 4.69) is 5.32 Å². The van der Waals surface area contributed by atoms with Crippen LogP contribution in [0.15, 0.2) is 48.5 Å². The van der Waals surface area contributed by atoms with E-state index in [4.69, 9.17) is 4.74 Å². The van der Waals surface area contributed by atoms with Crippen molar-refractivity contribution >= 4 is 11.7 Å². The van der Waals surface area contributed by atoms with Crippen LogP contribution in [0.5, 0.6) is 5.75 Å². The summed E-state index contributed by atoms with van der Waals surface area (Å²) in [4.78, 5) is 23.2. The number of carbonyl (C=O) groups is 2. The highest BCUT2D eigenvalue weighted by atomic mass is 19.1. The van der Waals surface area contributed by atoms with Crippen LogP contribution in [-0.4, -0.2) is 18.3 Å². The molecule has 120 valence electrons. The third kappa shape index (κ3) is 4.92. The minimum atomic E-state index is -0.319. The van der Waals surface area contributed by atoms with E-state index in [1.54, 1.807) is 36.4 Å². The summed E-state index contributed by atoms with van der Waals surface area (Å²) >= 11 is 0. The van der Waals surface area contributed by atoms with Gasteiger partial charge in [-0.1, -0.05) is 24.3 Å². The first-order valence-corrected chi connectivity index (χ1v) is 7.24. The number of ketones is 1. The summed E-state index contributed by atoms with van der Waals surface area (Å²) in [7, 11) is 0. The van der Waals surface area contributed by atoms with Gasteiger partial charge in [0.1, 0.15) is 11.6 Å². The number of ether oxygens (including phenoxy) is 1. The molecular weight excluding hydrogens is 297 g/mol. The molecule has 0 saturated carbocycles. The first kappa shape index (κ1) is 16.7. The minimum absolute atomic E-state index is 0.0650. The Bertz CT molecular complexity index is 698. The molecule has 2 rings (SSSR count). The molecule has 4 nitrogen and oxygen atoms in total. The largest absolute Gasteiger partial charge is 0.484 e. The van der Waals surface area contributed by atoms with E-state index < -0.39 is 0 Å². The molecule has 0 saturated heterocycles. The molecule has 1 unspecified atom stereocenters. The highest BCUT2D eigenvalue weighted by Crippen LogP contribution is 2.15. The van der Waals surface area contributed by atoms with E-state index in [0.29, 0.717) is 11.3 Å². The Morgan fingerprint density at radius 1 is 1.17 bits per heavy atom. The summed E-state index contributed by atoms with van der Waals surface area (Å²) < 4.78 is 18.3. The summed E-state index contributed by atoms with van der Waals surface area (Å²) in [6, 6.07) is 12.4. The molecule has 1 N–H and O–H groups in total. The second-order valence-corrected chi connectivity index (χ2v) is 5.21. The van der Waals surface area contributed by atoms with E-state index in [-0.39, 0.29) is 30.2 Å². The second kappa shape index (κ2) is 7.54. The van der Waals surface area contributed by atoms with Gasteiger partial charge in [-0.05, 0) is 43.7 Å². The van der Waals surface area contributed by atoms with Gasteiger partial charge in [-0.3, -0.25) is 9.59 Å². The average molecular weight is 315 g/mol. The topological polar surface area (TPSA) is 55.4 Å². The molecular formula is C18H18FNO3.